The van der Waals surface area contributed by atoms with E-state index in [1.165, 1.54) is 48.5 Å². The molecule has 0 aliphatic carbocycles. The number of nitro groups is 1. The maximum Gasteiger partial charge on any atom is 0.422 e. The summed E-state index contributed by atoms with van der Waals surface area (Å²) in [6.45, 7) is -1.55. The van der Waals surface area contributed by atoms with E-state index in [0.29, 0.717) is 12.1 Å². The molecule has 1 N–H and O–H groups in total. The Labute approximate surface area is 193 Å². The van der Waals surface area contributed by atoms with Crippen molar-refractivity contribution in [1.82, 2.24) is 0 Å². The van der Waals surface area contributed by atoms with Crippen LogP contribution in [0.2, 0.25) is 0 Å². The molecule has 0 spiro atoms. The van der Waals surface area contributed by atoms with Crippen molar-refractivity contribution in [1.29, 1.82) is 0 Å². The zero-order valence-electron chi connectivity index (χ0n) is 17.3. The number of alkyl halides is 6. The minimum absolute atomic E-state index is 0.0116. The lowest BCUT2D eigenvalue weighted by atomic mass is 10.1. The lowest BCUT2D eigenvalue weighted by molar-refractivity contribution is -0.385. The summed E-state index contributed by atoms with van der Waals surface area (Å²) >= 11 is 0. The number of carbonyl (C=O) groups excluding carboxylic acids is 1. The largest absolute Gasteiger partial charge is 0.482 e. The van der Waals surface area contributed by atoms with Crippen LogP contribution < -0.4 is 14.8 Å². The van der Waals surface area contributed by atoms with Crippen LogP contribution in [0.3, 0.4) is 0 Å². The molecular formula is C22H14F6N2O5. The Bertz CT molecular complexity index is 1230. The van der Waals surface area contributed by atoms with Gasteiger partial charge in [0.25, 0.3) is 5.91 Å². The van der Waals surface area contributed by atoms with Gasteiger partial charge in [-0.15, -0.1) is 0 Å². The highest BCUT2D eigenvalue weighted by atomic mass is 19.4. The fourth-order valence-corrected chi connectivity index (χ4v) is 2.77. The Morgan fingerprint density at radius 2 is 1.57 bits per heavy atom. The Balaban J connectivity index is 1.74. The number of para-hydroxylation sites is 2. The highest BCUT2D eigenvalue weighted by molar-refractivity contribution is 6.05. The van der Waals surface area contributed by atoms with E-state index < -0.39 is 46.8 Å². The second-order valence-corrected chi connectivity index (χ2v) is 6.92. The summed E-state index contributed by atoms with van der Waals surface area (Å²) in [6.07, 6.45) is -9.36. The molecular weight excluding hydrogens is 486 g/mol. The smallest absolute Gasteiger partial charge is 0.422 e. The lowest BCUT2D eigenvalue weighted by Crippen LogP contribution is -2.20. The first kappa shape index (κ1) is 25.3. The molecule has 0 saturated heterocycles. The number of halogens is 6. The quantitative estimate of drug-likeness (QED) is 0.224. The van der Waals surface area contributed by atoms with E-state index in [4.69, 9.17) is 9.47 Å². The van der Waals surface area contributed by atoms with Crippen molar-refractivity contribution < 1.29 is 45.5 Å². The standard InChI is InChI=1S/C22H14F6N2O5/c23-21(24,25)12-34-18-4-2-1-3-16(18)29-20(31)13-5-8-15(9-6-13)35-19-10-7-14(22(26,27)28)11-17(19)30(32)33/h1-11H,12H2,(H,29,31). The van der Waals surface area contributed by atoms with Gasteiger partial charge in [0, 0.05) is 11.6 Å². The number of ether oxygens (including phenoxy) is 2. The number of anilines is 1. The summed E-state index contributed by atoms with van der Waals surface area (Å²) in [5.74, 6) is -1.37. The summed E-state index contributed by atoms with van der Waals surface area (Å²) < 4.78 is 85.8. The van der Waals surface area contributed by atoms with Crippen LogP contribution in [-0.4, -0.2) is 23.6 Å². The fourth-order valence-electron chi connectivity index (χ4n) is 2.77. The molecule has 0 heterocycles. The lowest BCUT2D eigenvalue weighted by Gasteiger charge is -2.14. The van der Waals surface area contributed by atoms with Crippen molar-refractivity contribution >= 4 is 17.3 Å². The number of hydrogen-bond acceptors (Lipinski definition) is 5. The molecule has 3 aromatic rings. The molecule has 184 valence electrons. The molecule has 0 fully saturated rings. The minimum Gasteiger partial charge on any atom is -0.482 e. The fraction of sp³-hybridized carbons (Fsp3) is 0.136. The number of benzene rings is 3. The van der Waals surface area contributed by atoms with Crippen LogP contribution in [0.25, 0.3) is 0 Å². The SMILES string of the molecule is O=C(Nc1ccccc1OCC(F)(F)F)c1ccc(Oc2ccc(C(F)(F)F)cc2[N+](=O)[O-])cc1. The molecule has 0 unspecified atom stereocenters. The van der Waals surface area contributed by atoms with Gasteiger partial charge in [-0.05, 0) is 48.5 Å². The number of amides is 1. The Morgan fingerprint density at radius 3 is 2.17 bits per heavy atom. The third-order valence-electron chi connectivity index (χ3n) is 4.35. The van der Waals surface area contributed by atoms with Crippen molar-refractivity contribution in [2.24, 2.45) is 0 Å². The number of rotatable bonds is 7. The van der Waals surface area contributed by atoms with E-state index in [-0.39, 0.29) is 22.7 Å². The highest BCUT2D eigenvalue weighted by Gasteiger charge is 2.33. The van der Waals surface area contributed by atoms with E-state index in [0.717, 1.165) is 6.07 Å². The molecule has 3 rings (SSSR count). The molecule has 3 aromatic carbocycles. The van der Waals surface area contributed by atoms with Crippen LogP contribution in [0.1, 0.15) is 15.9 Å². The van der Waals surface area contributed by atoms with Gasteiger partial charge in [0.2, 0.25) is 5.75 Å². The van der Waals surface area contributed by atoms with Crippen molar-refractivity contribution in [2.45, 2.75) is 12.4 Å². The van der Waals surface area contributed by atoms with E-state index in [1.54, 1.807) is 0 Å². The van der Waals surface area contributed by atoms with Crippen LogP contribution in [0.15, 0.2) is 66.7 Å². The molecule has 13 heteroatoms. The average Bonchev–Trinajstić information content (AvgIpc) is 2.77. The van der Waals surface area contributed by atoms with Gasteiger partial charge < -0.3 is 14.8 Å². The summed E-state index contributed by atoms with van der Waals surface area (Å²) in [5, 5.41) is 13.6. The van der Waals surface area contributed by atoms with Gasteiger partial charge in [-0.3, -0.25) is 14.9 Å². The monoisotopic (exact) mass is 500 g/mol. The number of carbonyl (C=O) groups is 1. The zero-order chi connectivity index (χ0) is 25.8. The van der Waals surface area contributed by atoms with Gasteiger partial charge in [-0.25, -0.2) is 0 Å². The second-order valence-electron chi connectivity index (χ2n) is 6.92. The number of nitro benzene ring substituents is 1. The first-order valence-corrected chi connectivity index (χ1v) is 9.57. The summed E-state index contributed by atoms with van der Waals surface area (Å²) in [5.41, 5.74) is -2.09. The molecule has 0 aromatic heterocycles. The number of nitrogens with zero attached hydrogens (tertiary/aromatic N) is 1. The zero-order valence-corrected chi connectivity index (χ0v) is 17.3. The maximum atomic E-state index is 12.8. The molecule has 0 radical (unpaired) electrons. The molecule has 0 atom stereocenters. The third kappa shape index (κ3) is 6.85. The first-order valence-electron chi connectivity index (χ1n) is 9.57. The van der Waals surface area contributed by atoms with Crippen molar-refractivity contribution in [3.63, 3.8) is 0 Å². The molecule has 35 heavy (non-hydrogen) atoms. The topological polar surface area (TPSA) is 90.7 Å². The van der Waals surface area contributed by atoms with Crippen molar-refractivity contribution in [3.8, 4) is 17.2 Å². The van der Waals surface area contributed by atoms with Crippen molar-refractivity contribution in [2.75, 3.05) is 11.9 Å². The van der Waals surface area contributed by atoms with E-state index in [1.807, 2.05) is 0 Å². The van der Waals surface area contributed by atoms with Crippen LogP contribution in [0.5, 0.6) is 17.2 Å². The normalized spacial score (nSPS) is 11.6. The van der Waals surface area contributed by atoms with Gasteiger partial charge in [0.15, 0.2) is 6.61 Å². The van der Waals surface area contributed by atoms with E-state index in [2.05, 4.69) is 5.32 Å². The predicted molar refractivity (Wildman–Crippen MR) is 111 cm³/mol. The summed E-state index contributed by atoms with van der Waals surface area (Å²) in [4.78, 5) is 22.6. The molecule has 0 saturated carbocycles. The minimum atomic E-state index is -4.78. The van der Waals surface area contributed by atoms with Gasteiger partial charge in [-0.1, -0.05) is 12.1 Å². The highest BCUT2D eigenvalue weighted by Crippen LogP contribution is 2.38. The van der Waals surface area contributed by atoms with Gasteiger partial charge >= 0.3 is 18.0 Å². The average molecular weight is 500 g/mol. The van der Waals surface area contributed by atoms with Crippen LogP contribution in [-0.2, 0) is 6.18 Å². The van der Waals surface area contributed by atoms with Crippen LogP contribution in [0, 0.1) is 10.1 Å². The third-order valence-corrected chi connectivity index (χ3v) is 4.35. The second kappa shape index (κ2) is 9.91. The molecule has 0 bridgehead atoms. The molecule has 0 aliphatic rings. The maximum absolute atomic E-state index is 12.8. The summed E-state index contributed by atoms with van der Waals surface area (Å²) in [7, 11) is 0. The molecule has 0 aliphatic heterocycles. The number of hydrogen-bond donors (Lipinski definition) is 1. The van der Waals surface area contributed by atoms with E-state index >= 15 is 0 Å². The Morgan fingerprint density at radius 1 is 0.914 bits per heavy atom. The van der Waals surface area contributed by atoms with Gasteiger partial charge in [-0.2, -0.15) is 26.3 Å². The predicted octanol–water partition coefficient (Wildman–Crippen LogP) is 6.60. The number of nitrogens with one attached hydrogen (secondary N) is 1. The van der Waals surface area contributed by atoms with E-state index in [9.17, 15) is 41.3 Å². The summed E-state index contributed by atoms with van der Waals surface area (Å²) in [6, 6.07) is 12.2. The Kier molecular flexibility index (Phi) is 7.17. The molecule has 7 nitrogen and oxygen atoms in total. The van der Waals surface area contributed by atoms with Gasteiger partial charge in [0.05, 0.1) is 16.2 Å². The van der Waals surface area contributed by atoms with Gasteiger partial charge in [0.1, 0.15) is 11.5 Å². The molecule has 1 amide bonds. The Hall–Kier alpha value is -4.29. The van der Waals surface area contributed by atoms with Crippen LogP contribution in [0.4, 0.5) is 37.7 Å². The van der Waals surface area contributed by atoms with Crippen LogP contribution >= 0.6 is 0 Å². The van der Waals surface area contributed by atoms with Crippen molar-refractivity contribution in [3.05, 3.63) is 88.0 Å². The first-order chi connectivity index (χ1) is 16.3.